The number of ether oxygens (including phenoxy) is 1. The summed E-state index contributed by atoms with van der Waals surface area (Å²) in [5.41, 5.74) is 3.07. The first-order valence-corrected chi connectivity index (χ1v) is 11.5. The number of likely N-dealkylation sites (tertiary alicyclic amines) is 1. The Morgan fingerprint density at radius 1 is 1.22 bits per heavy atom. The second-order valence-electron chi connectivity index (χ2n) is 8.52. The standard InChI is InChI=1S/C25H33N5O2/c1-19-8-4-5-16-29(19)17-7-14-26-25(31)24-18-22(23-9-6-15-28(23)2)27-30(24)20-10-12-21(32-3)13-11-20/h6,9-13,15,18-19H,4-5,7-8,14,16-17H2,1-3H3,(H,26,31). The Balaban J connectivity index is 1.49. The predicted octanol–water partition coefficient (Wildman–Crippen LogP) is 3.88. The number of nitrogens with one attached hydrogen (secondary N) is 1. The summed E-state index contributed by atoms with van der Waals surface area (Å²) < 4.78 is 8.98. The molecule has 4 rings (SSSR count). The lowest BCUT2D eigenvalue weighted by Crippen LogP contribution is -2.39. The smallest absolute Gasteiger partial charge is 0.270 e. The summed E-state index contributed by atoms with van der Waals surface area (Å²) in [7, 11) is 3.61. The van der Waals surface area contributed by atoms with Gasteiger partial charge in [-0.25, -0.2) is 4.68 Å². The van der Waals surface area contributed by atoms with Crippen LogP contribution in [0.2, 0.25) is 0 Å². The fraction of sp³-hybridized carbons (Fsp3) is 0.440. The third-order valence-corrected chi connectivity index (χ3v) is 6.31. The molecule has 2 aromatic heterocycles. The SMILES string of the molecule is COc1ccc(-n2nc(-c3cccn3C)cc2C(=O)NCCCN2CCCCC2C)cc1. The predicted molar refractivity (Wildman–Crippen MR) is 126 cm³/mol. The van der Waals surface area contributed by atoms with Gasteiger partial charge in [-0.15, -0.1) is 0 Å². The van der Waals surface area contributed by atoms with E-state index in [2.05, 4.69) is 17.1 Å². The molecule has 1 amide bonds. The van der Waals surface area contributed by atoms with Crippen molar-refractivity contribution in [3.8, 4) is 22.8 Å². The highest BCUT2D eigenvalue weighted by Crippen LogP contribution is 2.23. The number of aryl methyl sites for hydroxylation is 1. The van der Waals surface area contributed by atoms with Crippen molar-refractivity contribution >= 4 is 5.91 Å². The van der Waals surface area contributed by atoms with Crippen LogP contribution in [0, 0.1) is 0 Å². The maximum atomic E-state index is 13.1. The van der Waals surface area contributed by atoms with Gasteiger partial charge in [-0.05, 0) is 75.2 Å². The van der Waals surface area contributed by atoms with E-state index < -0.39 is 0 Å². The van der Waals surface area contributed by atoms with Crippen molar-refractivity contribution in [3.63, 3.8) is 0 Å². The molecule has 1 unspecified atom stereocenters. The van der Waals surface area contributed by atoms with Gasteiger partial charge in [0, 0.05) is 32.4 Å². The van der Waals surface area contributed by atoms with Crippen LogP contribution in [0.15, 0.2) is 48.7 Å². The topological polar surface area (TPSA) is 64.3 Å². The highest BCUT2D eigenvalue weighted by Gasteiger charge is 2.20. The molecule has 32 heavy (non-hydrogen) atoms. The number of benzene rings is 1. The number of hydrogen-bond acceptors (Lipinski definition) is 4. The summed E-state index contributed by atoms with van der Waals surface area (Å²) in [4.78, 5) is 15.7. The Bertz CT molecular complexity index is 1040. The van der Waals surface area contributed by atoms with Crippen molar-refractivity contribution in [2.45, 2.75) is 38.6 Å². The van der Waals surface area contributed by atoms with Crippen molar-refractivity contribution in [3.05, 3.63) is 54.4 Å². The van der Waals surface area contributed by atoms with Gasteiger partial charge in [-0.1, -0.05) is 6.42 Å². The number of aromatic nitrogens is 3. The van der Waals surface area contributed by atoms with E-state index in [-0.39, 0.29) is 5.91 Å². The van der Waals surface area contributed by atoms with Gasteiger partial charge in [0.1, 0.15) is 17.1 Å². The van der Waals surface area contributed by atoms with E-state index in [0.717, 1.165) is 35.8 Å². The summed E-state index contributed by atoms with van der Waals surface area (Å²) in [5, 5.41) is 7.86. The van der Waals surface area contributed by atoms with Crippen LogP contribution < -0.4 is 10.1 Å². The number of amides is 1. The first kappa shape index (κ1) is 22.1. The molecule has 0 bridgehead atoms. The van der Waals surface area contributed by atoms with E-state index in [1.807, 2.05) is 60.3 Å². The quantitative estimate of drug-likeness (QED) is 0.546. The summed E-state index contributed by atoms with van der Waals surface area (Å²) in [5.74, 6) is 0.655. The van der Waals surface area contributed by atoms with Gasteiger partial charge >= 0.3 is 0 Å². The van der Waals surface area contributed by atoms with Crippen LogP contribution >= 0.6 is 0 Å². The number of rotatable bonds is 8. The van der Waals surface area contributed by atoms with Crippen LogP contribution in [-0.4, -0.2) is 57.9 Å². The zero-order valence-electron chi connectivity index (χ0n) is 19.3. The number of methoxy groups -OCH3 is 1. The minimum Gasteiger partial charge on any atom is -0.497 e. The summed E-state index contributed by atoms with van der Waals surface area (Å²) in [6.45, 7) is 5.14. The number of nitrogens with zero attached hydrogens (tertiary/aromatic N) is 4. The number of carbonyl (C=O) groups is 1. The first-order valence-electron chi connectivity index (χ1n) is 11.5. The number of hydrogen-bond donors (Lipinski definition) is 1. The zero-order chi connectivity index (χ0) is 22.5. The summed E-state index contributed by atoms with van der Waals surface area (Å²) >= 11 is 0. The first-order chi connectivity index (χ1) is 15.6. The third kappa shape index (κ3) is 4.88. The molecule has 0 aliphatic carbocycles. The Morgan fingerprint density at radius 2 is 2.03 bits per heavy atom. The Labute approximate surface area is 190 Å². The normalized spacial score (nSPS) is 16.8. The molecular weight excluding hydrogens is 402 g/mol. The minimum atomic E-state index is -0.111. The maximum Gasteiger partial charge on any atom is 0.270 e. The van der Waals surface area contributed by atoms with Crippen LogP contribution in [0.1, 0.15) is 43.1 Å². The second-order valence-corrected chi connectivity index (χ2v) is 8.52. The molecule has 0 radical (unpaired) electrons. The molecule has 3 heterocycles. The molecule has 3 aromatic rings. The molecule has 7 nitrogen and oxygen atoms in total. The van der Waals surface area contributed by atoms with Crippen LogP contribution in [0.4, 0.5) is 0 Å². The molecule has 1 atom stereocenters. The number of piperidine rings is 1. The molecule has 1 aliphatic heterocycles. The van der Waals surface area contributed by atoms with Gasteiger partial charge in [0.05, 0.1) is 18.5 Å². The van der Waals surface area contributed by atoms with Gasteiger partial charge in [-0.2, -0.15) is 5.10 Å². The molecule has 0 saturated carbocycles. The van der Waals surface area contributed by atoms with Crippen LogP contribution in [0.25, 0.3) is 17.1 Å². The van der Waals surface area contributed by atoms with Crippen molar-refractivity contribution in [2.75, 3.05) is 26.7 Å². The van der Waals surface area contributed by atoms with E-state index in [9.17, 15) is 4.79 Å². The molecule has 1 saturated heterocycles. The van der Waals surface area contributed by atoms with E-state index >= 15 is 0 Å². The van der Waals surface area contributed by atoms with Crippen molar-refractivity contribution < 1.29 is 9.53 Å². The van der Waals surface area contributed by atoms with Gasteiger partial charge in [-0.3, -0.25) is 4.79 Å². The van der Waals surface area contributed by atoms with Crippen LogP contribution in [-0.2, 0) is 7.05 Å². The highest BCUT2D eigenvalue weighted by molar-refractivity contribution is 5.94. The van der Waals surface area contributed by atoms with Crippen LogP contribution in [0.3, 0.4) is 0 Å². The fourth-order valence-corrected chi connectivity index (χ4v) is 4.38. The Kier molecular flexibility index (Phi) is 6.95. The van der Waals surface area contributed by atoms with E-state index in [1.165, 1.54) is 25.8 Å². The van der Waals surface area contributed by atoms with E-state index in [0.29, 0.717) is 18.3 Å². The van der Waals surface area contributed by atoms with E-state index in [1.54, 1.807) is 11.8 Å². The van der Waals surface area contributed by atoms with Gasteiger partial charge in [0.2, 0.25) is 0 Å². The van der Waals surface area contributed by atoms with Crippen molar-refractivity contribution in [1.82, 2.24) is 24.6 Å². The van der Waals surface area contributed by atoms with Crippen LogP contribution in [0.5, 0.6) is 5.75 Å². The van der Waals surface area contributed by atoms with Crippen molar-refractivity contribution in [1.29, 1.82) is 0 Å². The van der Waals surface area contributed by atoms with E-state index in [4.69, 9.17) is 9.84 Å². The average Bonchev–Trinajstić information content (AvgIpc) is 3.44. The summed E-state index contributed by atoms with van der Waals surface area (Å²) in [6.07, 6.45) is 6.79. The average molecular weight is 436 g/mol. The largest absolute Gasteiger partial charge is 0.497 e. The second kappa shape index (κ2) is 10.0. The monoisotopic (exact) mass is 435 g/mol. The molecule has 1 aliphatic rings. The van der Waals surface area contributed by atoms with Crippen molar-refractivity contribution in [2.24, 2.45) is 7.05 Å². The molecule has 7 heteroatoms. The van der Waals surface area contributed by atoms with Gasteiger partial charge in [0.25, 0.3) is 5.91 Å². The minimum absolute atomic E-state index is 0.111. The molecule has 1 aromatic carbocycles. The maximum absolute atomic E-state index is 13.1. The molecular formula is C25H33N5O2. The lowest BCUT2D eigenvalue weighted by atomic mass is 10.0. The molecule has 170 valence electrons. The lowest BCUT2D eigenvalue weighted by molar-refractivity contribution is 0.0941. The van der Waals surface area contributed by atoms with Gasteiger partial charge in [0.15, 0.2) is 0 Å². The fourth-order valence-electron chi connectivity index (χ4n) is 4.38. The molecule has 1 fully saturated rings. The zero-order valence-corrected chi connectivity index (χ0v) is 19.3. The molecule has 1 N–H and O–H groups in total. The number of carbonyl (C=O) groups excluding carboxylic acids is 1. The lowest BCUT2D eigenvalue weighted by Gasteiger charge is -2.33. The highest BCUT2D eigenvalue weighted by atomic mass is 16.5. The Hall–Kier alpha value is -3.06. The molecule has 0 spiro atoms. The Morgan fingerprint density at radius 3 is 2.72 bits per heavy atom. The summed E-state index contributed by atoms with van der Waals surface area (Å²) in [6, 6.07) is 14.1. The third-order valence-electron chi connectivity index (χ3n) is 6.31. The van der Waals surface area contributed by atoms with Gasteiger partial charge < -0.3 is 19.5 Å².